The SMILES string of the molecule is CCC1CCCCN1c1nccc(Nc2ccccc2C(=O)OC)n1. The van der Waals surface area contributed by atoms with Gasteiger partial charge in [0.25, 0.3) is 0 Å². The Morgan fingerprint density at radius 2 is 2.16 bits per heavy atom. The summed E-state index contributed by atoms with van der Waals surface area (Å²) in [5, 5.41) is 3.22. The molecule has 1 unspecified atom stereocenters. The Bertz CT molecular complexity index is 735. The number of hydrogen-bond acceptors (Lipinski definition) is 6. The summed E-state index contributed by atoms with van der Waals surface area (Å²) in [6.07, 6.45) is 6.46. The molecule has 2 aromatic rings. The highest BCUT2D eigenvalue weighted by Crippen LogP contribution is 2.26. The summed E-state index contributed by atoms with van der Waals surface area (Å²) in [5.41, 5.74) is 1.15. The maximum absolute atomic E-state index is 11.9. The second kappa shape index (κ2) is 7.96. The Morgan fingerprint density at radius 1 is 1.32 bits per heavy atom. The van der Waals surface area contributed by atoms with E-state index < -0.39 is 0 Å². The van der Waals surface area contributed by atoms with Crippen LogP contribution in [0.15, 0.2) is 36.5 Å². The van der Waals surface area contributed by atoms with Gasteiger partial charge < -0.3 is 15.0 Å². The van der Waals surface area contributed by atoms with Crippen molar-refractivity contribution in [2.45, 2.75) is 38.6 Å². The summed E-state index contributed by atoms with van der Waals surface area (Å²) in [5.74, 6) is 1.04. The predicted molar refractivity (Wildman–Crippen MR) is 98.4 cm³/mol. The van der Waals surface area contributed by atoms with Crippen molar-refractivity contribution in [1.29, 1.82) is 0 Å². The van der Waals surface area contributed by atoms with E-state index in [-0.39, 0.29) is 5.97 Å². The minimum atomic E-state index is -0.376. The lowest BCUT2D eigenvalue weighted by atomic mass is 10.0. The molecular formula is C19H24N4O2. The van der Waals surface area contributed by atoms with E-state index in [4.69, 9.17) is 4.74 Å². The second-order valence-corrected chi connectivity index (χ2v) is 6.16. The number of hydrogen-bond donors (Lipinski definition) is 1. The molecule has 0 spiro atoms. The molecule has 132 valence electrons. The van der Waals surface area contributed by atoms with Crippen LogP contribution in [0.5, 0.6) is 0 Å². The summed E-state index contributed by atoms with van der Waals surface area (Å²) in [6.45, 7) is 3.19. The number of methoxy groups -OCH3 is 1. The standard InChI is InChI=1S/C19H24N4O2/c1-3-14-8-6-7-13-23(14)19-20-12-11-17(22-19)21-16-10-5-4-9-15(16)18(24)25-2/h4-5,9-12,14H,3,6-8,13H2,1-2H3,(H,20,21,22). The van der Waals surface area contributed by atoms with Crippen molar-refractivity contribution < 1.29 is 9.53 Å². The zero-order valence-electron chi connectivity index (χ0n) is 14.7. The lowest BCUT2D eigenvalue weighted by molar-refractivity contribution is 0.0602. The monoisotopic (exact) mass is 340 g/mol. The van der Waals surface area contributed by atoms with Gasteiger partial charge >= 0.3 is 5.97 Å². The second-order valence-electron chi connectivity index (χ2n) is 6.16. The number of carbonyl (C=O) groups excluding carboxylic acids is 1. The number of esters is 1. The molecule has 6 nitrogen and oxygen atoms in total. The number of anilines is 3. The number of piperidine rings is 1. The first-order chi connectivity index (χ1) is 12.2. The fourth-order valence-electron chi connectivity index (χ4n) is 3.26. The molecule has 3 rings (SSSR count). The van der Waals surface area contributed by atoms with Crippen LogP contribution in [0.4, 0.5) is 17.5 Å². The maximum atomic E-state index is 11.9. The molecule has 0 bridgehead atoms. The minimum Gasteiger partial charge on any atom is -0.465 e. The topological polar surface area (TPSA) is 67.4 Å². The highest BCUT2D eigenvalue weighted by molar-refractivity contribution is 5.96. The van der Waals surface area contributed by atoms with Crippen molar-refractivity contribution in [3.8, 4) is 0 Å². The third kappa shape index (κ3) is 3.90. The lowest BCUT2D eigenvalue weighted by Gasteiger charge is -2.35. The quantitative estimate of drug-likeness (QED) is 0.836. The molecule has 1 atom stereocenters. The summed E-state index contributed by atoms with van der Waals surface area (Å²) < 4.78 is 4.84. The number of rotatable bonds is 5. The van der Waals surface area contributed by atoms with E-state index in [2.05, 4.69) is 27.1 Å². The zero-order chi connectivity index (χ0) is 17.6. The van der Waals surface area contributed by atoms with Gasteiger partial charge in [-0.25, -0.2) is 9.78 Å². The van der Waals surface area contributed by atoms with Gasteiger partial charge in [0.05, 0.1) is 18.4 Å². The summed E-state index contributed by atoms with van der Waals surface area (Å²) in [4.78, 5) is 23.3. The zero-order valence-corrected chi connectivity index (χ0v) is 14.7. The van der Waals surface area contributed by atoms with E-state index in [1.165, 1.54) is 26.4 Å². The first-order valence-electron chi connectivity index (χ1n) is 8.77. The van der Waals surface area contributed by atoms with Crippen molar-refractivity contribution in [2.75, 3.05) is 23.9 Å². The fourth-order valence-corrected chi connectivity index (χ4v) is 3.26. The van der Waals surface area contributed by atoms with Crippen molar-refractivity contribution in [3.05, 3.63) is 42.1 Å². The smallest absolute Gasteiger partial charge is 0.339 e. The molecule has 25 heavy (non-hydrogen) atoms. The van der Waals surface area contributed by atoms with Crippen LogP contribution >= 0.6 is 0 Å². The minimum absolute atomic E-state index is 0.376. The molecular weight excluding hydrogens is 316 g/mol. The normalized spacial score (nSPS) is 17.2. The maximum Gasteiger partial charge on any atom is 0.339 e. The molecule has 2 heterocycles. The highest BCUT2D eigenvalue weighted by atomic mass is 16.5. The van der Waals surface area contributed by atoms with Crippen LogP contribution in [-0.2, 0) is 4.74 Å². The first kappa shape index (κ1) is 17.2. The van der Waals surface area contributed by atoms with Crippen LogP contribution in [0.1, 0.15) is 43.0 Å². The van der Waals surface area contributed by atoms with Gasteiger partial charge in [0.1, 0.15) is 5.82 Å². The van der Waals surface area contributed by atoms with Gasteiger partial charge in [-0.2, -0.15) is 4.98 Å². The molecule has 6 heteroatoms. The third-order valence-electron chi connectivity index (χ3n) is 4.59. The van der Waals surface area contributed by atoms with Crippen LogP contribution in [0, 0.1) is 0 Å². The predicted octanol–water partition coefficient (Wildman–Crippen LogP) is 3.78. The molecule has 1 aromatic carbocycles. The van der Waals surface area contributed by atoms with E-state index in [0.29, 0.717) is 23.1 Å². The number of para-hydroxylation sites is 1. The number of nitrogens with one attached hydrogen (secondary N) is 1. The average molecular weight is 340 g/mol. The van der Waals surface area contributed by atoms with Crippen molar-refractivity contribution in [1.82, 2.24) is 9.97 Å². The molecule has 0 saturated carbocycles. The van der Waals surface area contributed by atoms with Crippen LogP contribution in [0.3, 0.4) is 0 Å². The van der Waals surface area contributed by atoms with E-state index in [0.717, 1.165) is 18.9 Å². The van der Waals surface area contributed by atoms with Crippen LogP contribution in [0.2, 0.25) is 0 Å². The van der Waals surface area contributed by atoms with E-state index in [9.17, 15) is 4.79 Å². The van der Waals surface area contributed by atoms with E-state index in [1.54, 1.807) is 12.3 Å². The third-order valence-corrected chi connectivity index (χ3v) is 4.59. The molecule has 1 N–H and O–H groups in total. The van der Waals surface area contributed by atoms with Crippen molar-refractivity contribution in [3.63, 3.8) is 0 Å². The van der Waals surface area contributed by atoms with Gasteiger partial charge in [-0.15, -0.1) is 0 Å². The number of carbonyl (C=O) groups is 1. The van der Waals surface area contributed by atoms with E-state index in [1.807, 2.05) is 24.3 Å². The lowest BCUT2D eigenvalue weighted by Crippen LogP contribution is -2.40. The Labute approximate surface area is 148 Å². The largest absolute Gasteiger partial charge is 0.465 e. The van der Waals surface area contributed by atoms with Gasteiger partial charge in [-0.1, -0.05) is 19.1 Å². The Kier molecular flexibility index (Phi) is 5.48. The van der Waals surface area contributed by atoms with Crippen molar-refractivity contribution in [2.24, 2.45) is 0 Å². The molecule has 1 aliphatic rings. The Hall–Kier alpha value is -2.63. The van der Waals surface area contributed by atoms with Crippen LogP contribution in [-0.4, -0.2) is 35.6 Å². The van der Waals surface area contributed by atoms with Crippen LogP contribution < -0.4 is 10.2 Å². The molecule has 0 amide bonds. The van der Waals surface area contributed by atoms with Crippen molar-refractivity contribution >= 4 is 23.4 Å². The first-order valence-corrected chi connectivity index (χ1v) is 8.77. The van der Waals surface area contributed by atoms with E-state index >= 15 is 0 Å². The van der Waals surface area contributed by atoms with Gasteiger partial charge in [-0.3, -0.25) is 0 Å². The van der Waals surface area contributed by atoms with Crippen LogP contribution in [0.25, 0.3) is 0 Å². The number of benzene rings is 1. The number of aromatic nitrogens is 2. The summed E-state index contributed by atoms with van der Waals surface area (Å²) in [6, 6.07) is 9.54. The highest BCUT2D eigenvalue weighted by Gasteiger charge is 2.23. The average Bonchev–Trinajstić information content (AvgIpc) is 2.68. The van der Waals surface area contributed by atoms with Gasteiger partial charge in [0.2, 0.25) is 5.95 Å². The molecule has 0 radical (unpaired) electrons. The summed E-state index contributed by atoms with van der Waals surface area (Å²) in [7, 11) is 1.38. The molecule has 1 fully saturated rings. The van der Waals surface area contributed by atoms with Gasteiger partial charge in [-0.05, 0) is 43.9 Å². The Balaban J connectivity index is 1.84. The fraction of sp³-hybridized carbons (Fsp3) is 0.421. The Morgan fingerprint density at radius 3 is 2.96 bits per heavy atom. The molecule has 1 aliphatic heterocycles. The number of nitrogens with zero attached hydrogens (tertiary/aromatic N) is 3. The summed E-state index contributed by atoms with van der Waals surface area (Å²) >= 11 is 0. The molecule has 0 aliphatic carbocycles. The van der Waals surface area contributed by atoms with Gasteiger partial charge in [0, 0.05) is 18.8 Å². The molecule has 1 saturated heterocycles. The van der Waals surface area contributed by atoms with Gasteiger partial charge in [0.15, 0.2) is 0 Å². The molecule has 1 aromatic heterocycles. The number of ether oxygens (including phenoxy) is 1.